The first-order valence-corrected chi connectivity index (χ1v) is 36.3. The van der Waals surface area contributed by atoms with Gasteiger partial charge in [0, 0.05) is 85.3 Å². The Labute approximate surface area is 609 Å². The second-order valence-corrected chi connectivity index (χ2v) is 28.5. The molecule has 568 valence electrons. The summed E-state index contributed by atoms with van der Waals surface area (Å²) in [6.07, 6.45) is -1.50. The summed E-state index contributed by atoms with van der Waals surface area (Å²) < 4.78 is 76.7. The first-order chi connectivity index (χ1) is 50.3. The Hall–Kier alpha value is -8.71. The first kappa shape index (κ1) is 78.9. The van der Waals surface area contributed by atoms with Gasteiger partial charge in [-0.15, -0.1) is 5.10 Å². The molecule has 10 rings (SSSR count). The van der Waals surface area contributed by atoms with Crippen LogP contribution in [0.15, 0.2) is 96.6 Å². The maximum absolute atomic E-state index is 18.0. The number of nitrogens with zero attached hydrogens (tertiary/aromatic N) is 4. The Morgan fingerprint density at radius 2 is 1.50 bits per heavy atom. The van der Waals surface area contributed by atoms with Crippen LogP contribution in [0.3, 0.4) is 0 Å². The number of rotatable bonds is 36. The Morgan fingerprint density at radius 1 is 0.810 bits per heavy atom. The van der Waals surface area contributed by atoms with Gasteiger partial charge in [-0.3, -0.25) is 33.6 Å². The van der Waals surface area contributed by atoms with Gasteiger partial charge < -0.3 is 75.5 Å². The van der Waals surface area contributed by atoms with Crippen molar-refractivity contribution in [3.05, 3.63) is 108 Å². The summed E-state index contributed by atoms with van der Waals surface area (Å²) in [6.45, 7) is 10.5. The molecular formula is C76H98F2N10O17. The summed E-state index contributed by atoms with van der Waals surface area (Å²) in [4.78, 5) is 121. The number of fused-ring (bicyclic) bond motifs is 12. The van der Waals surface area contributed by atoms with Crippen molar-refractivity contribution in [2.24, 2.45) is 47.3 Å². The number of halogens is 2. The van der Waals surface area contributed by atoms with E-state index in [0.29, 0.717) is 56.0 Å². The van der Waals surface area contributed by atoms with E-state index >= 15 is 8.78 Å². The van der Waals surface area contributed by atoms with E-state index in [1.807, 2.05) is 62.5 Å². The lowest BCUT2D eigenvalue weighted by atomic mass is 9.44. The molecule has 105 heavy (non-hydrogen) atoms. The van der Waals surface area contributed by atoms with Crippen LogP contribution in [-0.2, 0) is 86.9 Å². The Bertz CT molecular complexity index is 3870. The number of carbonyl (C=O) groups is 9. The van der Waals surface area contributed by atoms with Crippen molar-refractivity contribution in [1.29, 1.82) is 0 Å². The van der Waals surface area contributed by atoms with Crippen LogP contribution < -0.4 is 37.2 Å². The fourth-order valence-electron chi connectivity index (χ4n) is 16.2. The van der Waals surface area contributed by atoms with E-state index in [2.05, 4.69) is 36.9 Å². The van der Waals surface area contributed by atoms with Crippen molar-refractivity contribution in [1.82, 2.24) is 36.3 Å². The fraction of sp³-hybridized carbons (Fsp3) is 0.566. The molecule has 1 unspecified atom stereocenters. The zero-order valence-electron chi connectivity index (χ0n) is 60.4. The molecule has 12 atom stereocenters. The fourth-order valence-corrected chi connectivity index (χ4v) is 16.2. The maximum Gasteiger partial charge on any atom is 0.407 e. The number of para-hydroxylation sites is 1. The Kier molecular flexibility index (Phi) is 26.4. The molecule has 1 aromatic heterocycles. The zero-order valence-corrected chi connectivity index (χ0v) is 60.4. The summed E-state index contributed by atoms with van der Waals surface area (Å²) in [5, 5.41) is 34.1. The summed E-state index contributed by atoms with van der Waals surface area (Å²) in [7, 11) is 1.82. The van der Waals surface area contributed by atoms with Gasteiger partial charge >= 0.3 is 12.1 Å². The minimum Gasteiger partial charge on any atom is -0.445 e. The van der Waals surface area contributed by atoms with Crippen LogP contribution in [0.25, 0.3) is 22.5 Å². The number of ether oxygens (including phenoxy) is 7. The number of nitrogens with two attached hydrogens (primary N) is 1. The monoisotopic (exact) mass is 1460 g/mol. The topological polar surface area (TPSA) is 359 Å². The number of hydrogen-bond acceptors (Lipinski definition) is 19. The standard InChI is InChI=1S/C76H98F2N10O17/c1-7-13-66-104-62-41-54-55-40-57(77)56-39-51(89)25-27-73(56,4)75(55,78)60(91)42-74(54,5)76(62,105-66)61(92)43-82-72(98)103-45-47-19-21-50(22-20-47)83-70(96)48(15-12-28-81-71(79)97)38-59(90)67(46(2)3)84-64(94)26-30-99-32-34-101-36-37-102-35-33-100-31-29-80-63(93)23-24-65(95)88-44-49-14-8-9-16-52(49)68-69(87(6)86-85-68)53-17-10-11-18-58(53)88/h8-11,14,16-22,25,27,39,46,48,54-55,57,60,62,66-67,91H,7,12-13,15,23-24,26,28-38,40-45H2,1-6H3,(H,80,93)(H,82,98)(H,83,96)(H,84,94)(H3,79,81,97)/t48-,54+,55+,57+,60+,62-,66?,67+,73+,74+,75+,76-/m1/s1. The van der Waals surface area contributed by atoms with Crippen LogP contribution in [-0.4, -0.2) is 188 Å². The molecule has 4 fully saturated rings. The zero-order chi connectivity index (χ0) is 75.2. The molecule has 6 aliphatic rings. The molecule has 4 aromatic rings. The lowest BCUT2D eigenvalue weighted by molar-refractivity contribution is -0.233. The molecule has 0 bridgehead atoms. The van der Waals surface area contributed by atoms with Crippen LogP contribution in [0.1, 0.15) is 116 Å². The number of alkyl carbamates (subject to hydrolysis) is 1. The average molecular weight is 1460 g/mol. The van der Waals surface area contributed by atoms with E-state index in [4.69, 9.17) is 38.9 Å². The van der Waals surface area contributed by atoms with Crippen molar-refractivity contribution in [2.45, 2.75) is 160 Å². The number of anilines is 2. The second-order valence-electron chi connectivity index (χ2n) is 28.5. The normalized spacial score (nSPS) is 25.3. The summed E-state index contributed by atoms with van der Waals surface area (Å²) in [5.41, 5.74) is 4.00. The van der Waals surface area contributed by atoms with Crippen LogP contribution in [0.5, 0.6) is 0 Å². The minimum absolute atomic E-state index is 0.00391. The number of aliphatic hydroxyl groups excluding tert-OH is 1. The molecule has 8 N–H and O–H groups in total. The minimum atomic E-state index is -2.39. The highest BCUT2D eigenvalue weighted by Gasteiger charge is 2.80. The number of ketones is 3. The molecule has 2 aliphatic heterocycles. The molecule has 27 nitrogen and oxygen atoms in total. The molecular weight excluding hydrogens is 1360 g/mol. The summed E-state index contributed by atoms with van der Waals surface area (Å²) >= 11 is 0. The molecule has 7 amide bonds. The second kappa shape index (κ2) is 35.1. The Balaban J connectivity index is 0.596. The lowest BCUT2D eigenvalue weighted by Crippen LogP contribution is -2.71. The van der Waals surface area contributed by atoms with Gasteiger partial charge in [0.2, 0.25) is 23.6 Å². The number of hydrogen-bond donors (Lipinski definition) is 7. The SMILES string of the molecule is CCCC1O[C@@H]2C[C@H]3[C@@H]4C[C@H](F)C5=CC(=O)C=C[C@]5(C)[C@@]4(F)[C@@H](O)C[C@]3(C)[C@]2(C(=O)CNC(=O)OCc2ccc(NC(=O)[C@H](CCCNC(N)=O)CC(=O)[C@@H](NC(=O)CCOCCOCCOCCOCCNC(=O)CCC(=O)N3Cc4ccccc4-c4nnn(C)c4-c4ccccc43)C(C)C)cc2)O1. The van der Waals surface area contributed by atoms with Gasteiger partial charge in [0.25, 0.3) is 0 Å². The molecule has 3 saturated carbocycles. The van der Waals surface area contributed by atoms with Crippen LogP contribution >= 0.6 is 0 Å². The van der Waals surface area contributed by atoms with Gasteiger partial charge in [0.1, 0.15) is 18.5 Å². The van der Waals surface area contributed by atoms with Crippen molar-refractivity contribution in [2.75, 3.05) is 82.7 Å². The number of aryl methyl sites for hydroxylation is 1. The highest BCUT2D eigenvalue weighted by molar-refractivity contribution is 6.03. The summed E-state index contributed by atoms with van der Waals surface area (Å²) in [6, 6.07) is 20.1. The van der Waals surface area contributed by atoms with Gasteiger partial charge in [-0.2, -0.15) is 0 Å². The predicted octanol–water partition coefficient (Wildman–Crippen LogP) is 7.16. The van der Waals surface area contributed by atoms with E-state index < -0.39 is 113 Å². The van der Waals surface area contributed by atoms with Gasteiger partial charge in [-0.1, -0.05) is 100 Å². The van der Waals surface area contributed by atoms with Crippen molar-refractivity contribution in [3.63, 3.8) is 0 Å². The molecule has 29 heteroatoms. The van der Waals surface area contributed by atoms with Gasteiger partial charge in [-0.05, 0) is 104 Å². The number of primary amides is 1. The maximum atomic E-state index is 18.0. The number of amides is 7. The number of aliphatic hydroxyl groups is 1. The lowest BCUT2D eigenvalue weighted by Gasteiger charge is -2.63. The third kappa shape index (κ3) is 17.6. The highest BCUT2D eigenvalue weighted by atomic mass is 19.1. The number of nitrogens with one attached hydrogen (secondary N) is 5. The Morgan fingerprint density at radius 3 is 2.20 bits per heavy atom. The molecule has 3 aromatic carbocycles. The van der Waals surface area contributed by atoms with Crippen LogP contribution in [0.4, 0.5) is 29.7 Å². The smallest absolute Gasteiger partial charge is 0.407 e. The number of carbonyl (C=O) groups excluding carboxylic acids is 9. The van der Waals surface area contributed by atoms with Gasteiger partial charge in [0.15, 0.2) is 34.9 Å². The third-order valence-electron chi connectivity index (χ3n) is 21.4. The molecule has 1 saturated heterocycles. The number of aromatic nitrogens is 3. The quantitative estimate of drug-likeness (QED) is 0.0222. The van der Waals surface area contributed by atoms with Gasteiger partial charge in [-0.25, -0.2) is 23.1 Å². The van der Waals surface area contributed by atoms with Crippen LogP contribution in [0, 0.1) is 34.5 Å². The molecule has 0 spiro atoms. The largest absolute Gasteiger partial charge is 0.445 e. The molecule has 0 radical (unpaired) electrons. The summed E-state index contributed by atoms with van der Waals surface area (Å²) in [5.74, 6) is -5.81. The van der Waals surface area contributed by atoms with E-state index in [1.54, 1.807) is 54.6 Å². The molecule has 3 heterocycles. The number of urea groups is 1. The molecule has 4 aliphatic carbocycles. The van der Waals surface area contributed by atoms with Crippen molar-refractivity contribution in [3.8, 4) is 22.5 Å². The first-order valence-electron chi connectivity index (χ1n) is 36.3. The van der Waals surface area contributed by atoms with E-state index in [1.165, 1.54) is 19.1 Å². The van der Waals surface area contributed by atoms with E-state index in [-0.39, 0.29) is 140 Å². The number of alkyl halides is 2. The number of Topliss-reactive ketones (excluding diaryl/α,β-unsaturated/α-hetero) is 2. The van der Waals surface area contributed by atoms with Crippen LogP contribution in [0.2, 0.25) is 0 Å². The third-order valence-corrected chi connectivity index (χ3v) is 21.4. The van der Waals surface area contributed by atoms with Crippen molar-refractivity contribution < 1.29 is 90.2 Å². The van der Waals surface area contributed by atoms with E-state index in [0.717, 1.165) is 34.2 Å². The van der Waals surface area contributed by atoms with Crippen molar-refractivity contribution >= 4 is 64.5 Å². The predicted molar refractivity (Wildman–Crippen MR) is 380 cm³/mol. The van der Waals surface area contributed by atoms with Gasteiger partial charge in [0.05, 0.1) is 95.6 Å². The van der Waals surface area contributed by atoms with E-state index in [9.17, 15) is 48.3 Å². The number of allylic oxidation sites excluding steroid dienone is 4. The number of benzene rings is 3. The average Bonchev–Trinajstić information content (AvgIpc) is 1.57. The highest BCUT2D eigenvalue weighted by Crippen LogP contribution is 2.72.